The van der Waals surface area contributed by atoms with Crippen LogP contribution in [0.1, 0.15) is 6.92 Å². The van der Waals surface area contributed by atoms with E-state index in [2.05, 4.69) is 22.1 Å². The molecule has 1 saturated heterocycles. The van der Waals surface area contributed by atoms with Gasteiger partial charge in [-0.2, -0.15) is 0 Å². The van der Waals surface area contributed by atoms with Crippen LogP contribution in [0.2, 0.25) is 0 Å². The topological polar surface area (TPSA) is 57.7 Å². The van der Waals surface area contributed by atoms with Gasteiger partial charge in [0.25, 0.3) is 0 Å². The second-order valence-electron chi connectivity index (χ2n) is 5.49. The van der Waals surface area contributed by atoms with Crippen LogP contribution in [-0.4, -0.2) is 43.8 Å². The van der Waals surface area contributed by atoms with Crippen molar-refractivity contribution >= 4 is 38.4 Å². The summed E-state index contributed by atoms with van der Waals surface area (Å²) in [5, 5.41) is 3.51. The monoisotopic (exact) mass is 328 g/mol. The molecule has 2 aliphatic rings. The van der Waals surface area contributed by atoms with E-state index in [1.165, 1.54) is 11.3 Å². The van der Waals surface area contributed by atoms with Gasteiger partial charge in [0, 0.05) is 7.05 Å². The summed E-state index contributed by atoms with van der Waals surface area (Å²) in [5.74, 6) is 6.79. The van der Waals surface area contributed by atoms with Gasteiger partial charge in [-0.05, 0) is 19.1 Å². The molecule has 0 aliphatic carbocycles. The maximum Gasteiger partial charge on any atom is 0.324 e. The molecule has 1 fully saturated rings. The highest BCUT2D eigenvalue weighted by Gasteiger charge is 2.33. The predicted octanol–water partition coefficient (Wildman–Crippen LogP) is 2.05. The number of nitrogens with zero attached hydrogens (tertiary/aromatic N) is 3. The largest absolute Gasteiger partial charge is 0.489 e. The third-order valence-electron chi connectivity index (χ3n) is 4.05. The zero-order valence-corrected chi connectivity index (χ0v) is 13.7. The summed E-state index contributed by atoms with van der Waals surface area (Å²) in [5.41, 5.74) is 1.88. The van der Waals surface area contributed by atoms with Crippen molar-refractivity contribution in [3.05, 3.63) is 12.1 Å². The van der Waals surface area contributed by atoms with Crippen LogP contribution in [0.4, 0.5) is 15.6 Å². The number of carbonyl (C=O) groups excluding carboxylic acids is 1. The number of amides is 2. The Bertz CT molecular complexity index is 851. The van der Waals surface area contributed by atoms with Crippen LogP contribution in [0.3, 0.4) is 0 Å². The second kappa shape index (κ2) is 5.32. The molecule has 1 atom stereocenters. The highest BCUT2D eigenvalue weighted by atomic mass is 32.1. The minimum absolute atomic E-state index is 0.143. The summed E-state index contributed by atoms with van der Waals surface area (Å²) in [6.07, 6.45) is 0. The smallest absolute Gasteiger partial charge is 0.324 e. The molecule has 7 heteroatoms. The van der Waals surface area contributed by atoms with Crippen molar-refractivity contribution in [2.45, 2.75) is 13.0 Å². The van der Waals surface area contributed by atoms with Crippen LogP contribution in [0.25, 0.3) is 10.2 Å². The Hall–Kier alpha value is -2.46. The molecular formula is C16H16N4O2S. The predicted molar refractivity (Wildman–Crippen MR) is 91.5 cm³/mol. The van der Waals surface area contributed by atoms with Crippen molar-refractivity contribution < 1.29 is 9.53 Å². The molecule has 0 radical (unpaired) electrons. The first kappa shape index (κ1) is 14.2. The summed E-state index contributed by atoms with van der Waals surface area (Å²) >= 11 is 1.51. The van der Waals surface area contributed by atoms with Gasteiger partial charge in [-0.3, -0.25) is 4.90 Å². The number of benzene rings is 1. The first-order valence-electron chi connectivity index (χ1n) is 7.46. The first-order valence-corrected chi connectivity index (χ1v) is 8.27. The van der Waals surface area contributed by atoms with Crippen molar-refractivity contribution in [1.29, 1.82) is 0 Å². The lowest BCUT2D eigenvalue weighted by Crippen LogP contribution is -2.33. The molecule has 0 unspecified atom stereocenters. The van der Waals surface area contributed by atoms with E-state index in [-0.39, 0.29) is 12.1 Å². The minimum atomic E-state index is -0.169. The van der Waals surface area contributed by atoms with Crippen LogP contribution in [-0.2, 0) is 0 Å². The van der Waals surface area contributed by atoms with Gasteiger partial charge in [-0.15, -0.1) is 5.92 Å². The number of carbonyl (C=O) groups is 1. The van der Waals surface area contributed by atoms with Crippen molar-refractivity contribution in [3.8, 4) is 17.6 Å². The number of nitrogens with one attached hydrogen (secondary N) is 1. The lowest BCUT2D eigenvalue weighted by atomic mass is 10.2. The standard InChI is InChI=1S/C16H16N4O2S/c1-3-4-10-9-17-15(21)20(10)16-18-13-12(23-16)6-5-11-14(13)19(2)7-8-22-11/h5-6,10H,7-9H2,1-2H3,(H,17,21)/t10-/m1/s1. The molecular weight excluding hydrogens is 312 g/mol. The number of rotatable bonds is 1. The Morgan fingerprint density at radius 3 is 3.17 bits per heavy atom. The van der Waals surface area contributed by atoms with E-state index in [1.807, 2.05) is 19.2 Å². The number of thiazole rings is 1. The SMILES string of the molecule is CC#C[C@@H]1CNC(=O)N1c1nc2c3c(ccc2s1)OCCN3C. The number of hydrogen-bond acceptors (Lipinski definition) is 5. The fourth-order valence-electron chi connectivity index (χ4n) is 2.95. The third-order valence-corrected chi connectivity index (χ3v) is 5.07. The van der Waals surface area contributed by atoms with E-state index in [0.717, 1.165) is 28.2 Å². The molecule has 118 valence electrons. The number of aromatic nitrogens is 1. The second-order valence-corrected chi connectivity index (χ2v) is 6.50. The average Bonchev–Trinajstić information content (AvgIpc) is 3.11. The van der Waals surface area contributed by atoms with E-state index in [1.54, 1.807) is 11.8 Å². The van der Waals surface area contributed by atoms with Gasteiger partial charge in [0.1, 0.15) is 29.6 Å². The third kappa shape index (κ3) is 2.18. The molecule has 1 aromatic carbocycles. The molecule has 23 heavy (non-hydrogen) atoms. The van der Waals surface area contributed by atoms with Gasteiger partial charge in [0.05, 0.1) is 17.8 Å². The van der Waals surface area contributed by atoms with Gasteiger partial charge >= 0.3 is 6.03 Å². The molecule has 2 amide bonds. The van der Waals surface area contributed by atoms with Crippen LogP contribution in [0.15, 0.2) is 12.1 Å². The summed E-state index contributed by atoms with van der Waals surface area (Å²) < 4.78 is 6.77. The number of anilines is 2. The number of urea groups is 1. The Labute approximate surface area is 138 Å². The lowest BCUT2D eigenvalue weighted by molar-refractivity contribution is 0.252. The molecule has 1 N–H and O–H groups in total. The number of hydrogen-bond donors (Lipinski definition) is 1. The zero-order chi connectivity index (χ0) is 16.0. The van der Waals surface area contributed by atoms with E-state index < -0.39 is 0 Å². The molecule has 0 bridgehead atoms. The van der Waals surface area contributed by atoms with E-state index >= 15 is 0 Å². The van der Waals surface area contributed by atoms with Gasteiger partial charge < -0.3 is 15.0 Å². The van der Waals surface area contributed by atoms with Gasteiger partial charge in [-0.25, -0.2) is 9.78 Å². The molecule has 2 aliphatic heterocycles. The van der Waals surface area contributed by atoms with Gasteiger partial charge in [0.15, 0.2) is 5.13 Å². The quantitative estimate of drug-likeness (QED) is 0.814. The minimum Gasteiger partial charge on any atom is -0.489 e. The summed E-state index contributed by atoms with van der Waals surface area (Å²) in [6, 6.07) is 3.67. The highest BCUT2D eigenvalue weighted by molar-refractivity contribution is 7.22. The Morgan fingerprint density at radius 2 is 2.35 bits per heavy atom. The van der Waals surface area contributed by atoms with Crippen molar-refractivity contribution in [2.75, 3.05) is 36.5 Å². The molecule has 3 heterocycles. The Morgan fingerprint density at radius 1 is 1.48 bits per heavy atom. The highest BCUT2D eigenvalue weighted by Crippen LogP contribution is 2.42. The molecule has 4 rings (SSSR count). The van der Waals surface area contributed by atoms with Crippen LogP contribution in [0, 0.1) is 11.8 Å². The van der Waals surface area contributed by atoms with Gasteiger partial charge in [0.2, 0.25) is 0 Å². The average molecular weight is 328 g/mol. The number of likely N-dealkylation sites (N-methyl/N-ethyl adjacent to an activating group) is 1. The number of ether oxygens (including phenoxy) is 1. The fraction of sp³-hybridized carbons (Fsp3) is 0.375. The fourth-order valence-corrected chi connectivity index (χ4v) is 3.96. The van der Waals surface area contributed by atoms with E-state index in [9.17, 15) is 4.79 Å². The van der Waals surface area contributed by atoms with Crippen LogP contribution >= 0.6 is 11.3 Å². The van der Waals surface area contributed by atoms with E-state index in [4.69, 9.17) is 9.72 Å². The van der Waals surface area contributed by atoms with Crippen molar-refractivity contribution in [1.82, 2.24) is 10.3 Å². The molecule has 6 nitrogen and oxygen atoms in total. The summed E-state index contributed by atoms with van der Waals surface area (Å²) in [7, 11) is 2.04. The molecule has 0 saturated carbocycles. The Balaban J connectivity index is 1.84. The maximum atomic E-state index is 12.2. The normalized spacial score (nSPS) is 19.9. The Kier molecular flexibility index (Phi) is 3.27. The number of fused-ring (bicyclic) bond motifs is 3. The molecule has 0 spiro atoms. The van der Waals surface area contributed by atoms with Crippen LogP contribution in [0.5, 0.6) is 5.75 Å². The first-order chi connectivity index (χ1) is 11.2. The zero-order valence-electron chi connectivity index (χ0n) is 12.9. The van der Waals surface area contributed by atoms with Gasteiger partial charge in [-0.1, -0.05) is 17.3 Å². The van der Waals surface area contributed by atoms with E-state index in [0.29, 0.717) is 18.3 Å². The van der Waals surface area contributed by atoms with Crippen molar-refractivity contribution in [3.63, 3.8) is 0 Å². The molecule has 1 aromatic heterocycles. The maximum absolute atomic E-state index is 12.2. The lowest BCUT2D eigenvalue weighted by Gasteiger charge is -2.27. The summed E-state index contributed by atoms with van der Waals surface area (Å²) in [4.78, 5) is 20.7. The van der Waals surface area contributed by atoms with Crippen LogP contribution < -0.4 is 19.9 Å². The van der Waals surface area contributed by atoms with Crippen molar-refractivity contribution in [2.24, 2.45) is 0 Å². The summed E-state index contributed by atoms with van der Waals surface area (Å²) in [6.45, 7) is 3.81. The molecule has 2 aromatic rings.